The maximum atomic E-state index is 12.1. The molecule has 1 aliphatic rings. The molecular formula is C13H20N2O4. The third-order valence-corrected chi connectivity index (χ3v) is 2.91. The Hall–Kier alpha value is -1.74. The fraction of sp³-hybridized carbons (Fsp3) is 0.692. The molecule has 1 fully saturated rings. The average molecular weight is 268 g/mol. The van der Waals surface area contributed by atoms with Gasteiger partial charge in [0.05, 0.1) is 19.6 Å². The van der Waals surface area contributed by atoms with E-state index in [1.54, 1.807) is 16.7 Å². The molecule has 0 unspecified atom stereocenters. The Morgan fingerprint density at radius 2 is 2.16 bits per heavy atom. The largest absolute Gasteiger partial charge is 0.480 e. The second-order valence-corrected chi connectivity index (χ2v) is 4.90. The van der Waals surface area contributed by atoms with Gasteiger partial charge in [0.1, 0.15) is 12.2 Å². The van der Waals surface area contributed by atoms with Crippen molar-refractivity contribution in [3.8, 4) is 12.3 Å². The van der Waals surface area contributed by atoms with Gasteiger partial charge in [-0.25, -0.2) is 9.59 Å². The molecule has 1 aliphatic heterocycles. The first-order valence-corrected chi connectivity index (χ1v) is 6.25. The van der Waals surface area contributed by atoms with Crippen LogP contribution >= 0.6 is 0 Å². The summed E-state index contributed by atoms with van der Waals surface area (Å²) in [6, 6.07) is -0.115. The van der Waals surface area contributed by atoms with Gasteiger partial charge in [0.15, 0.2) is 0 Å². The molecule has 0 spiro atoms. The molecule has 0 aromatic carbocycles. The summed E-state index contributed by atoms with van der Waals surface area (Å²) in [5, 5.41) is 8.56. The molecule has 0 aliphatic carbocycles. The summed E-state index contributed by atoms with van der Waals surface area (Å²) in [6.07, 6.45) is 6.08. The predicted molar refractivity (Wildman–Crippen MR) is 69.7 cm³/mol. The molecule has 0 aromatic heterocycles. The van der Waals surface area contributed by atoms with Crippen LogP contribution in [0.5, 0.6) is 0 Å². The number of hydrogen-bond donors (Lipinski definition) is 1. The number of hydrogen-bond acceptors (Lipinski definition) is 3. The molecule has 6 nitrogen and oxygen atoms in total. The number of carboxylic acid groups (broad SMARTS) is 1. The molecule has 0 radical (unpaired) electrons. The van der Waals surface area contributed by atoms with Gasteiger partial charge in [-0.3, -0.25) is 0 Å². The van der Waals surface area contributed by atoms with Gasteiger partial charge in [-0.2, -0.15) is 0 Å². The highest BCUT2D eigenvalue weighted by Gasteiger charge is 2.43. The lowest BCUT2D eigenvalue weighted by Gasteiger charge is -2.48. The molecule has 1 heterocycles. The van der Waals surface area contributed by atoms with E-state index in [1.807, 2.05) is 6.92 Å². The van der Waals surface area contributed by atoms with Crippen molar-refractivity contribution in [2.75, 3.05) is 32.8 Å². The Kier molecular flexibility index (Phi) is 5.19. The second-order valence-electron chi connectivity index (χ2n) is 4.90. The number of rotatable bonds is 6. The first-order valence-electron chi connectivity index (χ1n) is 6.25. The first-order chi connectivity index (χ1) is 8.91. The highest BCUT2D eigenvalue weighted by Crippen LogP contribution is 2.25. The Morgan fingerprint density at radius 1 is 1.53 bits per heavy atom. The van der Waals surface area contributed by atoms with Crippen molar-refractivity contribution in [1.82, 2.24) is 9.80 Å². The third-order valence-electron chi connectivity index (χ3n) is 2.91. The van der Waals surface area contributed by atoms with E-state index >= 15 is 0 Å². The number of carbonyl (C=O) groups is 2. The number of terminal acetylenes is 1. The normalized spacial score (nSPS) is 16.4. The lowest BCUT2D eigenvalue weighted by Crippen LogP contribution is -2.65. The van der Waals surface area contributed by atoms with Crippen LogP contribution in [0.15, 0.2) is 0 Å². The molecule has 19 heavy (non-hydrogen) atoms. The molecule has 1 N–H and O–H groups in total. The van der Waals surface area contributed by atoms with Gasteiger partial charge in [0.25, 0.3) is 0 Å². The van der Waals surface area contributed by atoms with E-state index in [4.69, 9.17) is 16.3 Å². The van der Waals surface area contributed by atoms with Crippen LogP contribution in [0.1, 0.15) is 20.3 Å². The predicted octanol–water partition coefficient (Wildman–Crippen LogP) is 0.627. The van der Waals surface area contributed by atoms with Crippen LogP contribution in [-0.2, 0) is 9.53 Å². The first kappa shape index (κ1) is 15.3. The van der Waals surface area contributed by atoms with Crippen molar-refractivity contribution >= 4 is 12.0 Å². The minimum absolute atomic E-state index is 0.115. The maximum absolute atomic E-state index is 12.1. The number of amides is 2. The average Bonchev–Trinajstić information content (AvgIpc) is 2.32. The molecule has 0 saturated carbocycles. The molecule has 1 saturated heterocycles. The van der Waals surface area contributed by atoms with Gasteiger partial charge in [0.2, 0.25) is 0 Å². The fourth-order valence-electron chi connectivity index (χ4n) is 2.05. The van der Waals surface area contributed by atoms with Crippen molar-refractivity contribution in [3.05, 3.63) is 0 Å². The molecule has 0 bridgehead atoms. The smallest absolute Gasteiger partial charge is 0.329 e. The zero-order valence-electron chi connectivity index (χ0n) is 11.4. The zero-order chi connectivity index (χ0) is 14.5. The van der Waals surface area contributed by atoms with Gasteiger partial charge >= 0.3 is 12.0 Å². The number of carbonyl (C=O) groups excluding carboxylic acids is 1. The van der Waals surface area contributed by atoms with Gasteiger partial charge in [-0.15, -0.1) is 6.42 Å². The van der Waals surface area contributed by atoms with Crippen LogP contribution in [0.4, 0.5) is 4.79 Å². The van der Waals surface area contributed by atoms with Crippen LogP contribution in [0.2, 0.25) is 0 Å². The van der Waals surface area contributed by atoms with Crippen molar-refractivity contribution in [2.45, 2.75) is 25.9 Å². The van der Waals surface area contributed by atoms with Crippen LogP contribution in [0, 0.1) is 12.3 Å². The van der Waals surface area contributed by atoms with E-state index in [-0.39, 0.29) is 19.2 Å². The Balaban J connectivity index is 2.45. The van der Waals surface area contributed by atoms with Crippen LogP contribution in [-0.4, -0.2) is 65.3 Å². The van der Waals surface area contributed by atoms with Crippen molar-refractivity contribution < 1.29 is 19.4 Å². The van der Waals surface area contributed by atoms with E-state index in [0.29, 0.717) is 19.6 Å². The summed E-state index contributed by atoms with van der Waals surface area (Å²) in [5.41, 5.74) is -0.567. The number of carboxylic acids is 1. The SMILES string of the molecule is C#CCN(CCC)C(=O)N1CC(C)(OCC(=O)O)C1. The number of urea groups is 1. The van der Waals surface area contributed by atoms with Gasteiger partial charge in [-0.05, 0) is 13.3 Å². The van der Waals surface area contributed by atoms with Crippen LogP contribution in [0.3, 0.4) is 0 Å². The summed E-state index contributed by atoms with van der Waals surface area (Å²) in [5.74, 6) is 1.46. The number of likely N-dealkylation sites (tertiary alicyclic amines) is 1. The van der Waals surface area contributed by atoms with Crippen LogP contribution in [0.25, 0.3) is 0 Å². The summed E-state index contributed by atoms with van der Waals surface area (Å²) in [4.78, 5) is 25.8. The molecule has 1 rings (SSSR count). The number of ether oxygens (including phenoxy) is 1. The lowest BCUT2D eigenvalue weighted by atomic mass is 9.97. The zero-order valence-corrected chi connectivity index (χ0v) is 11.4. The Bertz CT molecular complexity index is 383. The van der Waals surface area contributed by atoms with E-state index < -0.39 is 11.6 Å². The molecule has 0 aromatic rings. The summed E-state index contributed by atoms with van der Waals surface area (Å²) in [6.45, 7) is 5.12. The highest BCUT2D eigenvalue weighted by molar-refractivity contribution is 5.76. The van der Waals surface area contributed by atoms with Gasteiger partial charge < -0.3 is 19.6 Å². The maximum Gasteiger partial charge on any atom is 0.329 e. The number of nitrogens with zero attached hydrogens (tertiary/aromatic N) is 2. The highest BCUT2D eigenvalue weighted by atomic mass is 16.5. The third kappa shape index (κ3) is 4.14. The summed E-state index contributed by atoms with van der Waals surface area (Å²) < 4.78 is 5.25. The second kappa shape index (κ2) is 6.43. The van der Waals surface area contributed by atoms with Gasteiger partial charge in [0, 0.05) is 6.54 Å². The number of aliphatic carboxylic acids is 1. The molecular weight excluding hydrogens is 248 g/mol. The lowest BCUT2D eigenvalue weighted by molar-refractivity contribution is -0.160. The summed E-state index contributed by atoms with van der Waals surface area (Å²) >= 11 is 0. The fourth-order valence-corrected chi connectivity index (χ4v) is 2.05. The molecule has 0 atom stereocenters. The quantitative estimate of drug-likeness (QED) is 0.717. The van der Waals surface area contributed by atoms with Crippen molar-refractivity contribution in [1.29, 1.82) is 0 Å². The van der Waals surface area contributed by atoms with Crippen molar-refractivity contribution in [3.63, 3.8) is 0 Å². The minimum Gasteiger partial charge on any atom is -0.480 e. The van der Waals surface area contributed by atoms with E-state index in [2.05, 4.69) is 5.92 Å². The Morgan fingerprint density at radius 3 is 2.63 bits per heavy atom. The molecule has 6 heteroatoms. The van der Waals surface area contributed by atoms with Crippen LogP contribution < -0.4 is 0 Å². The summed E-state index contributed by atoms with van der Waals surface area (Å²) in [7, 11) is 0. The van der Waals surface area contributed by atoms with Gasteiger partial charge in [-0.1, -0.05) is 12.8 Å². The minimum atomic E-state index is -1.01. The standard InChI is InChI=1S/C13H20N2O4/c1-4-6-14(7-5-2)12(18)15-9-13(3,10-15)19-8-11(16)17/h1H,5-10H2,2-3H3,(H,16,17). The monoisotopic (exact) mass is 268 g/mol. The topological polar surface area (TPSA) is 70.1 Å². The molecule has 106 valence electrons. The van der Waals surface area contributed by atoms with E-state index in [1.165, 1.54) is 0 Å². The van der Waals surface area contributed by atoms with E-state index in [0.717, 1.165) is 6.42 Å². The molecule has 2 amide bonds. The van der Waals surface area contributed by atoms with E-state index in [9.17, 15) is 9.59 Å². The Labute approximate surface area is 113 Å². The van der Waals surface area contributed by atoms with Crippen molar-refractivity contribution in [2.24, 2.45) is 0 Å².